The van der Waals surface area contributed by atoms with Crippen LogP contribution in [0.2, 0.25) is 0 Å². The molecule has 0 aliphatic carbocycles. The number of hydrogen-bond acceptors (Lipinski definition) is 6. The van der Waals surface area contributed by atoms with Crippen molar-refractivity contribution in [2.24, 2.45) is 0 Å². The number of hydrogen-bond donors (Lipinski definition) is 1. The normalized spacial score (nSPS) is 17.4. The maximum absolute atomic E-state index is 12.6. The molecule has 0 radical (unpaired) electrons. The highest BCUT2D eigenvalue weighted by Crippen LogP contribution is 2.23. The number of likely N-dealkylation sites (tertiary alicyclic amines) is 1. The van der Waals surface area contributed by atoms with Crippen LogP contribution in [0, 0.1) is 0 Å². The minimum atomic E-state index is -0.0672. The number of thioether (sulfide) groups is 1. The molecule has 3 heterocycles. The van der Waals surface area contributed by atoms with Gasteiger partial charge >= 0.3 is 0 Å². The van der Waals surface area contributed by atoms with Crippen molar-refractivity contribution in [1.82, 2.24) is 19.7 Å². The Morgan fingerprint density at radius 2 is 1.68 bits per heavy atom. The van der Waals surface area contributed by atoms with E-state index in [0.717, 1.165) is 50.4 Å². The average Bonchev–Trinajstić information content (AvgIpc) is 3.00. The van der Waals surface area contributed by atoms with E-state index in [1.54, 1.807) is 0 Å². The summed E-state index contributed by atoms with van der Waals surface area (Å²) < 4.78 is 2.01. The van der Waals surface area contributed by atoms with Gasteiger partial charge in [0.1, 0.15) is 0 Å². The first-order valence-electron chi connectivity index (χ1n) is 12.6. The summed E-state index contributed by atoms with van der Waals surface area (Å²) in [5.41, 5.74) is 2.03. The lowest BCUT2D eigenvalue weighted by Crippen LogP contribution is -2.31. The van der Waals surface area contributed by atoms with Crippen LogP contribution in [0.5, 0.6) is 0 Å². The van der Waals surface area contributed by atoms with Crippen LogP contribution in [0.15, 0.2) is 29.4 Å². The fraction of sp³-hybridized carbons (Fsp3) is 0.600. The lowest BCUT2D eigenvalue weighted by molar-refractivity contribution is -0.131. The second-order valence-corrected chi connectivity index (χ2v) is 10.00. The monoisotopic (exact) mass is 484 g/mol. The Morgan fingerprint density at radius 1 is 0.971 bits per heavy atom. The van der Waals surface area contributed by atoms with Crippen molar-refractivity contribution in [3.05, 3.63) is 30.1 Å². The highest BCUT2D eigenvalue weighted by molar-refractivity contribution is 7.99. The summed E-state index contributed by atoms with van der Waals surface area (Å²) >= 11 is 1.38. The van der Waals surface area contributed by atoms with Crippen LogP contribution in [-0.4, -0.2) is 56.9 Å². The molecule has 0 unspecified atom stereocenters. The van der Waals surface area contributed by atoms with Crippen LogP contribution in [0.4, 0.5) is 11.4 Å². The summed E-state index contributed by atoms with van der Waals surface area (Å²) in [7, 11) is 0. The summed E-state index contributed by atoms with van der Waals surface area (Å²) in [4.78, 5) is 29.2. The fourth-order valence-corrected chi connectivity index (χ4v) is 5.47. The van der Waals surface area contributed by atoms with Gasteiger partial charge in [-0.05, 0) is 56.9 Å². The predicted molar refractivity (Wildman–Crippen MR) is 136 cm³/mol. The quantitative estimate of drug-likeness (QED) is 0.562. The molecule has 2 aliphatic heterocycles. The highest BCUT2D eigenvalue weighted by atomic mass is 32.2. The largest absolute Gasteiger partial charge is 0.372 e. The Bertz CT molecular complexity index is 953. The van der Waals surface area contributed by atoms with Gasteiger partial charge in [-0.15, -0.1) is 10.2 Å². The van der Waals surface area contributed by atoms with Gasteiger partial charge in [0.2, 0.25) is 11.8 Å². The van der Waals surface area contributed by atoms with E-state index in [9.17, 15) is 9.59 Å². The molecule has 0 atom stereocenters. The van der Waals surface area contributed by atoms with Gasteiger partial charge < -0.3 is 19.7 Å². The molecule has 2 amide bonds. The van der Waals surface area contributed by atoms with Gasteiger partial charge in [0, 0.05) is 44.0 Å². The van der Waals surface area contributed by atoms with Crippen molar-refractivity contribution in [2.75, 3.05) is 35.6 Å². The topological polar surface area (TPSA) is 83.4 Å². The first-order valence-corrected chi connectivity index (χ1v) is 13.6. The van der Waals surface area contributed by atoms with Crippen LogP contribution in [0.3, 0.4) is 0 Å². The molecule has 1 N–H and O–H groups in total. The number of amides is 2. The zero-order valence-corrected chi connectivity index (χ0v) is 21.0. The van der Waals surface area contributed by atoms with E-state index < -0.39 is 0 Å². The minimum Gasteiger partial charge on any atom is -0.372 e. The maximum atomic E-state index is 12.6. The Kier molecular flexibility index (Phi) is 8.85. The third kappa shape index (κ3) is 6.52. The third-order valence-corrected chi connectivity index (χ3v) is 7.53. The number of carbonyl (C=O) groups excluding carboxylic acids is 2. The summed E-state index contributed by atoms with van der Waals surface area (Å²) in [6.07, 6.45) is 8.82. The Balaban J connectivity index is 1.30. The van der Waals surface area contributed by atoms with Crippen LogP contribution >= 0.6 is 11.8 Å². The number of aromatic nitrogens is 3. The Hall–Kier alpha value is -2.55. The third-order valence-electron chi connectivity index (χ3n) is 6.57. The minimum absolute atomic E-state index is 0.0672. The van der Waals surface area contributed by atoms with Crippen molar-refractivity contribution >= 4 is 35.0 Å². The number of anilines is 2. The zero-order valence-electron chi connectivity index (χ0n) is 20.2. The molecule has 2 fully saturated rings. The number of benzene rings is 1. The number of nitrogens with one attached hydrogen (secondary N) is 1. The van der Waals surface area contributed by atoms with Gasteiger partial charge in [0.15, 0.2) is 11.0 Å². The van der Waals surface area contributed by atoms with Crippen molar-refractivity contribution in [3.8, 4) is 0 Å². The second-order valence-electron chi connectivity index (χ2n) is 9.05. The molecule has 0 spiro atoms. The Morgan fingerprint density at radius 3 is 2.41 bits per heavy atom. The zero-order chi connectivity index (χ0) is 23.8. The molecular weight excluding hydrogens is 448 g/mol. The van der Waals surface area contributed by atoms with E-state index in [4.69, 9.17) is 0 Å². The van der Waals surface area contributed by atoms with Gasteiger partial charge in [-0.3, -0.25) is 9.59 Å². The van der Waals surface area contributed by atoms with Gasteiger partial charge in [-0.1, -0.05) is 31.0 Å². The van der Waals surface area contributed by atoms with Crippen molar-refractivity contribution < 1.29 is 9.59 Å². The van der Waals surface area contributed by atoms with Crippen LogP contribution < -0.4 is 10.2 Å². The van der Waals surface area contributed by atoms with E-state index in [2.05, 4.69) is 32.5 Å². The molecule has 184 valence electrons. The van der Waals surface area contributed by atoms with Gasteiger partial charge in [-0.2, -0.15) is 0 Å². The maximum Gasteiger partial charge on any atom is 0.234 e. The predicted octanol–water partition coefficient (Wildman–Crippen LogP) is 4.31. The van der Waals surface area contributed by atoms with E-state index >= 15 is 0 Å². The van der Waals surface area contributed by atoms with Crippen molar-refractivity contribution in [3.63, 3.8) is 0 Å². The van der Waals surface area contributed by atoms with E-state index in [1.165, 1.54) is 43.1 Å². The molecule has 2 aromatic rings. The van der Waals surface area contributed by atoms with Gasteiger partial charge in [0.25, 0.3) is 0 Å². The second kappa shape index (κ2) is 12.2. The molecule has 2 aliphatic rings. The van der Waals surface area contributed by atoms with Crippen LogP contribution in [0.25, 0.3) is 0 Å². The van der Waals surface area contributed by atoms with Crippen molar-refractivity contribution in [2.45, 2.75) is 76.5 Å². The fourth-order valence-electron chi connectivity index (χ4n) is 4.65. The molecule has 8 nitrogen and oxygen atoms in total. The molecule has 9 heteroatoms. The smallest absolute Gasteiger partial charge is 0.234 e. The SMILES string of the molecule is CCn1c(CN2CCCCCC2=O)nnc1SCC(=O)Nc1ccc(N2CCCCCC2)cc1. The van der Waals surface area contributed by atoms with E-state index in [0.29, 0.717) is 24.7 Å². The molecule has 4 rings (SSSR count). The molecule has 0 saturated carbocycles. The number of nitrogens with zero attached hydrogens (tertiary/aromatic N) is 5. The molecule has 2 saturated heterocycles. The summed E-state index contributed by atoms with van der Waals surface area (Å²) in [5.74, 6) is 1.17. The molecule has 1 aromatic heterocycles. The number of carbonyl (C=O) groups is 2. The Labute approximate surface area is 206 Å². The summed E-state index contributed by atoms with van der Waals surface area (Å²) in [6, 6.07) is 8.15. The molecule has 34 heavy (non-hydrogen) atoms. The first-order chi connectivity index (χ1) is 16.6. The van der Waals surface area contributed by atoms with Crippen LogP contribution in [-0.2, 0) is 22.7 Å². The van der Waals surface area contributed by atoms with E-state index in [-0.39, 0.29) is 17.6 Å². The first kappa shape index (κ1) is 24.6. The van der Waals surface area contributed by atoms with Crippen LogP contribution in [0.1, 0.15) is 64.1 Å². The molecule has 1 aromatic carbocycles. The lowest BCUT2D eigenvalue weighted by atomic mass is 10.2. The van der Waals surface area contributed by atoms with Crippen molar-refractivity contribution in [1.29, 1.82) is 0 Å². The van der Waals surface area contributed by atoms with Gasteiger partial charge in [-0.25, -0.2) is 0 Å². The average molecular weight is 485 g/mol. The molecule has 0 bridgehead atoms. The summed E-state index contributed by atoms with van der Waals surface area (Å²) in [6.45, 7) is 6.20. The highest BCUT2D eigenvalue weighted by Gasteiger charge is 2.21. The number of rotatable bonds is 8. The standard InChI is InChI=1S/C25H36N6O2S/c1-2-31-22(18-30-17-9-5-6-10-24(30)33)27-28-25(31)34-19-23(32)26-20-11-13-21(14-12-20)29-15-7-3-4-8-16-29/h11-14H,2-10,15-19H2,1H3,(H,26,32). The van der Waals surface area contributed by atoms with E-state index in [1.807, 2.05) is 28.5 Å². The summed E-state index contributed by atoms with van der Waals surface area (Å²) in [5, 5.41) is 12.3. The van der Waals surface area contributed by atoms with Gasteiger partial charge in [0.05, 0.1) is 12.3 Å². The molecular formula is C25H36N6O2S. The lowest BCUT2D eigenvalue weighted by Gasteiger charge is -2.22.